The summed E-state index contributed by atoms with van der Waals surface area (Å²) in [5.41, 5.74) is 1.28. The quantitative estimate of drug-likeness (QED) is 0.275. The minimum Gasteiger partial charge on any atom is -0.492 e. The third-order valence-corrected chi connectivity index (χ3v) is 9.29. The van der Waals surface area contributed by atoms with Crippen LogP contribution in [-0.4, -0.2) is 87.4 Å². The first kappa shape index (κ1) is 27.8. The molecule has 1 aromatic carbocycles. The highest BCUT2D eigenvalue weighted by Crippen LogP contribution is 2.46. The highest BCUT2D eigenvalue weighted by atomic mass is 16.5. The largest absolute Gasteiger partial charge is 0.492 e. The molecule has 5 heterocycles. The molecule has 5 atom stereocenters. The van der Waals surface area contributed by atoms with Crippen molar-refractivity contribution in [3.63, 3.8) is 0 Å². The number of guanidine groups is 2. The van der Waals surface area contributed by atoms with Crippen molar-refractivity contribution in [3.8, 4) is 5.75 Å². The molecule has 0 bridgehead atoms. The van der Waals surface area contributed by atoms with Crippen molar-refractivity contribution in [1.29, 1.82) is 10.8 Å². The number of nitrogens with zero attached hydrogens (tertiary/aromatic N) is 3. The molecule has 6 rings (SSSR count). The Bertz CT molecular complexity index is 1460. The van der Waals surface area contributed by atoms with E-state index in [-0.39, 0.29) is 47.9 Å². The minimum atomic E-state index is -1.25. The van der Waals surface area contributed by atoms with Crippen molar-refractivity contribution < 1.29 is 19.5 Å². The van der Waals surface area contributed by atoms with Crippen LogP contribution < -0.4 is 26.0 Å². The maximum atomic E-state index is 13.7. The number of para-hydroxylation sites is 1. The number of rotatable bonds is 5. The maximum Gasteiger partial charge on any atom is 0.269 e. The number of benzene rings is 1. The van der Waals surface area contributed by atoms with Crippen molar-refractivity contribution in [2.24, 2.45) is 5.92 Å². The second kappa shape index (κ2) is 9.86. The molecule has 3 saturated heterocycles. The molecule has 1 aromatic heterocycles. The van der Waals surface area contributed by atoms with E-state index >= 15 is 0 Å². The smallest absolute Gasteiger partial charge is 0.269 e. The summed E-state index contributed by atoms with van der Waals surface area (Å²) in [6.45, 7) is 8.92. The number of aromatic nitrogens is 1. The van der Waals surface area contributed by atoms with Gasteiger partial charge in [0.25, 0.3) is 11.8 Å². The van der Waals surface area contributed by atoms with Crippen LogP contribution in [0.4, 0.5) is 0 Å². The van der Waals surface area contributed by atoms with Crippen molar-refractivity contribution in [2.75, 3.05) is 19.7 Å². The minimum absolute atomic E-state index is 0.0280. The van der Waals surface area contributed by atoms with Gasteiger partial charge in [-0.3, -0.25) is 30.6 Å². The van der Waals surface area contributed by atoms with Gasteiger partial charge in [0.2, 0.25) is 5.96 Å². The maximum absolute atomic E-state index is 13.7. The Morgan fingerprint density at radius 2 is 1.95 bits per heavy atom. The molecule has 2 unspecified atom stereocenters. The van der Waals surface area contributed by atoms with Crippen LogP contribution >= 0.6 is 0 Å². The van der Waals surface area contributed by atoms with Gasteiger partial charge < -0.3 is 30.9 Å². The number of hydroxylamine groups is 2. The van der Waals surface area contributed by atoms with Crippen LogP contribution in [-0.2, 0) is 5.41 Å². The summed E-state index contributed by atoms with van der Waals surface area (Å²) in [4.78, 5) is 32.3. The first-order chi connectivity index (χ1) is 19.9. The normalized spacial score (nSPS) is 29.0. The van der Waals surface area contributed by atoms with Gasteiger partial charge in [0, 0.05) is 30.8 Å². The van der Waals surface area contributed by atoms with Crippen molar-refractivity contribution in [1.82, 2.24) is 36.2 Å². The molecule has 13 nitrogen and oxygen atoms in total. The van der Waals surface area contributed by atoms with Crippen LogP contribution in [0.1, 0.15) is 59.2 Å². The highest BCUT2D eigenvalue weighted by molar-refractivity contribution is 5.98. The van der Waals surface area contributed by atoms with Gasteiger partial charge >= 0.3 is 0 Å². The average Bonchev–Trinajstić information content (AvgIpc) is 3.40. The standard InChI is InChI=1S/C29H37N9O4/c1-15-8-9-19(32-12-15)25(40)33-13-20-23-29(38(41)27(31)36-23)16(2)21(14-37(29)26(30)35-20)34-24(39)17-6-5-7-18-22(17)42-11-10-28(18,3)4/h5-9,12,16,20-21,23,41H,10-11,13-14H2,1-4H3,(H2,30,35)(H2,31,36)(H,33,40)(H,34,39)/t16-,20+,21+,23?,29?/m1/s1. The number of hydrogen-bond donors (Lipinski definition) is 7. The monoisotopic (exact) mass is 575 g/mol. The molecule has 1 spiro atoms. The number of hydrogen-bond acceptors (Lipinski definition) is 7. The number of aryl methyl sites for hydroxylation is 1. The van der Waals surface area contributed by atoms with E-state index in [4.69, 9.17) is 15.6 Å². The van der Waals surface area contributed by atoms with Gasteiger partial charge in [0.05, 0.1) is 30.3 Å². The summed E-state index contributed by atoms with van der Waals surface area (Å²) in [7, 11) is 0. The number of ether oxygens (including phenoxy) is 1. The molecule has 3 fully saturated rings. The third kappa shape index (κ3) is 4.13. The molecule has 0 aliphatic carbocycles. The van der Waals surface area contributed by atoms with Crippen molar-refractivity contribution in [2.45, 2.75) is 63.3 Å². The van der Waals surface area contributed by atoms with E-state index in [0.717, 1.165) is 22.6 Å². The Balaban J connectivity index is 1.24. The molecule has 4 aliphatic heterocycles. The predicted molar refractivity (Wildman–Crippen MR) is 154 cm³/mol. The van der Waals surface area contributed by atoms with Crippen LogP contribution in [0.25, 0.3) is 0 Å². The van der Waals surface area contributed by atoms with Gasteiger partial charge in [-0.1, -0.05) is 39.0 Å². The summed E-state index contributed by atoms with van der Waals surface area (Å²) in [5, 5.41) is 41.6. The van der Waals surface area contributed by atoms with Crippen LogP contribution in [0.2, 0.25) is 0 Å². The van der Waals surface area contributed by atoms with Gasteiger partial charge in [-0.2, -0.15) is 5.06 Å². The van der Waals surface area contributed by atoms with E-state index in [0.29, 0.717) is 17.9 Å². The van der Waals surface area contributed by atoms with Crippen molar-refractivity contribution >= 4 is 23.7 Å². The fraction of sp³-hybridized carbons (Fsp3) is 0.483. The molecular weight excluding hydrogens is 538 g/mol. The Hall–Kier alpha value is -4.39. The van der Waals surface area contributed by atoms with Crippen LogP contribution in [0.15, 0.2) is 36.5 Å². The molecule has 42 heavy (non-hydrogen) atoms. The lowest BCUT2D eigenvalue weighted by Crippen LogP contribution is -2.76. The summed E-state index contributed by atoms with van der Waals surface area (Å²) in [6.07, 6.45) is 2.47. The predicted octanol–water partition coefficient (Wildman–Crippen LogP) is 1.13. The van der Waals surface area contributed by atoms with E-state index in [9.17, 15) is 14.8 Å². The molecular formula is C29H37N9O4. The number of pyridine rings is 1. The van der Waals surface area contributed by atoms with Crippen LogP contribution in [0.3, 0.4) is 0 Å². The molecule has 4 aliphatic rings. The SMILES string of the molecule is Cc1ccc(C(=O)NC[C@@H]2NC(=N)N3C[C@H](NC(=O)c4cccc5c4OCCC5(C)C)[C@@H](C)C34C2NC(=N)N4O)nc1. The number of carbonyl (C=O) groups is 2. The first-order valence-electron chi connectivity index (χ1n) is 14.2. The summed E-state index contributed by atoms with van der Waals surface area (Å²) in [5.74, 6) is -0.691. The highest BCUT2D eigenvalue weighted by Gasteiger charge is 2.69. The molecule has 2 amide bonds. The molecule has 2 aromatic rings. The van der Waals surface area contributed by atoms with Gasteiger partial charge in [0.15, 0.2) is 11.6 Å². The summed E-state index contributed by atoms with van der Waals surface area (Å²) < 4.78 is 5.97. The lowest BCUT2D eigenvalue weighted by atomic mass is 9.79. The number of carbonyl (C=O) groups excluding carboxylic acids is 2. The van der Waals surface area contributed by atoms with Gasteiger partial charge in [-0.05, 0) is 36.5 Å². The van der Waals surface area contributed by atoms with Crippen LogP contribution in [0, 0.1) is 23.7 Å². The lowest BCUT2D eigenvalue weighted by molar-refractivity contribution is -0.166. The molecule has 0 saturated carbocycles. The molecule has 0 radical (unpaired) electrons. The zero-order valence-corrected chi connectivity index (χ0v) is 24.1. The second-order valence-electron chi connectivity index (χ2n) is 12.2. The van der Waals surface area contributed by atoms with Crippen molar-refractivity contribution in [3.05, 3.63) is 58.9 Å². The molecule has 222 valence electrons. The van der Waals surface area contributed by atoms with E-state index in [1.807, 2.05) is 26.0 Å². The fourth-order valence-corrected chi connectivity index (χ4v) is 6.86. The Morgan fingerprint density at radius 3 is 2.69 bits per heavy atom. The van der Waals surface area contributed by atoms with E-state index in [1.165, 1.54) is 0 Å². The first-order valence-corrected chi connectivity index (χ1v) is 14.2. The van der Waals surface area contributed by atoms with E-state index in [1.54, 1.807) is 29.3 Å². The summed E-state index contributed by atoms with van der Waals surface area (Å²) in [6, 6.07) is 7.44. The second-order valence-corrected chi connectivity index (χ2v) is 12.2. The third-order valence-electron chi connectivity index (χ3n) is 9.29. The lowest BCUT2D eigenvalue weighted by Gasteiger charge is -2.51. The topological polar surface area (TPSA) is 179 Å². The van der Waals surface area contributed by atoms with Crippen LogP contribution in [0.5, 0.6) is 5.75 Å². The average molecular weight is 576 g/mol. The molecule has 7 N–H and O–H groups in total. The molecule has 13 heteroatoms. The van der Waals surface area contributed by atoms with Gasteiger partial charge in [-0.25, -0.2) is 0 Å². The van der Waals surface area contributed by atoms with E-state index in [2.05, 4.69) is 40.1 Å². The van der Waals surface area contributed by atoms with E-state index < -0.39 is 29.7 Å². The summed E-state index contributed by atoms with van der Waals surface area (Å²) >= 11 is 0. The Morgan fingerprint density at radius 1 is 1.17 bits per heavy atom. The number of amides is 2. The fourth-order valence-electron chi connectivity index (χ4n) is 6.86. The number of nitrogens with one attached hydrogen (secondary N) is 6. The zero-order valence-electron chi connectivity index (χ0n) is 24.1. The zero-order chi connectivity index (χ0) is 30.0. The van der Waals surface area contributed by atoms with Gasteiger partial charge in [0.1, 0.15) is 11.4 Å². The Labute approximate surface area is 244 Å². The Kier molecular flexibility index (Phi) is 6.52. The number of fused-ring (bicyclic) bond motifs is 1. The van der Waals surface area contributed by atoms with Gasteiger partial charge in [-0.15, -0.1) is 0 Å².